The van der Waals surface area contributed by atoms with E-state index in [1.54, 1.807) is 0 Å². The minimum absolute atomic E-state index is 0.299. The summed E-state index contributed by atoms with van der Waals surface area (Å²) in [5.41, 5.74) is 7.72. The van der Waals surface area contributed by atoms with E-state index < -0.39 is 0 Å². The van der Waals surface area contributed by atoms with Crippen molar-refractivity contribution in [1.82, 2.24) is 15.1 Å². The van der Waals surface area contributed by atoms with E-state index in [1.165, 1.54) is 27.9 Å². The highest BCUT2D eigenvalue weighted by Crippen LogP contribution is 2.22. The second-order valence-electron chi connectivity index (χ2n) is 5.95. The van der Waals surface area contributed by atoms with Gasteiger partial charge in [0.2, 0.25) is 0 Å². The topological polar surface area (TPSA) is 29.9 Å². The smallest absolute Gasteiger partial charge is 0.0625 e. The number of hydrogen-bond donors (Lipinski definition) is 1. The molecule has 114 valence electrons. The van der Waals surface area contributed by atoms with Gasteiger partial charge in [-0.25, -0.2) is 0 Å². The Morgan fingerprint density at radius 2 is 1.86 bits per heavy atom. The number of benzene rings is 1. The van der Waals surface area contributed by atoms with Gasteiger partial charge in [-0.05, 0) is 57.9 Å². The Balaban J connectivity index is 2.32. The van der Waals surface area contributed by atoms with Gasteiger partial charge >= 0.3 is 0 Å². The van der Waals surface area contributed by atoms with Crippen LogP contribution in [0.3, 0.4) is 0 Å². The fourth-order valence-electron chi connectivity index (χ4n) is 2.87. The number of rotatable bonds is 5. The van der Waals surface area contributed by atoms with Crippen LogP contribution in [0.4, 0.5) is 0 Å². The van der Waals surface area contributed by atoms with Gasteiger partial charge in [-0.3, -0.25) is 4.68 Å². The molecule has 0 bridgehead atoms. The first-order valence-corrected chi connectivity index (χ1v) is 7.75. The van der Waals surface area contributed by atoms with Crippen LogP contribution >= 0.6 is 0 Å². The third-order valence-electron chi connectivity index (χ3n) is 4.35. The Morgan fingerprint density at radius 1 is 1.14 bits per heavy atom. The molecule has 1 N–H and O–H groups in total. The van der Waals surface area contributed by atoms with Gasteiger partial charge in [0.1, 0.15) is 0 Å². The molecule has 2 aromatic rings. The number of aryl methyl sites for hydroxylation is 3. The third kappa shape index (κ3) is 3.35. The Kier molecular flexibility index (Phi) is 4.84. The van der Waals surface area contributed by atoms with Crippen LogP contribution in [0.15, 0.2) is 18.2 Å². The summed E-state index contributed by atoms with van der Waals surface area (Å²) in [5, 5.41) is 8.28. The van der Waals surface area contributed by atoms with Crippen molar-refractivity contribution in [2.45, 2.75) is 54.1 Å². The first-order chi connectivity index (χ1) is 9.93. The minimum Gasteiger partial charge on any atom is -0.309 e. The van der Waals surface area contributed by atoms with E-state index in [2.05, 4.69) is 74.8 Å². The third-order valence-corrected chi connectivity index (χ3v) is 4.35. The quantitative estimate of drug-likeness (QED) is 0.906. The molecule has 21 heavy (non-hydrogen) atoms. The van der Waals surface area contributed by atoms with Crippen LogP contribution in [0.5, 0.6) is 0 Å². The maximum Gasteiger partial charge on any atom is 0.0625 e. The zero-order valence-electron chi connectivity index (χ0n) is 14.1. The summed E-state index contributed by atoms with van der Waals surface area (Å²) in [6.45, 7) is 14.7. The Morgan fingerprint density at radius 3 is 2.38 bits per heavy atom. The van der Waals surface area contributed by atoms with E-state index in [0.29, 0.717) is 6.04 Å². The van der Waals surface area contributed by atoms with Crippen molar-refractivity contribution in [3.63, 3.8) is 0 Å². The van der Waals surface area contributed by atoms with E-state index in [1.807, 2.05) is 0 Å². The fourth-order valence-corrected chi connectivity index (χ4v) is 2.87. The summed E-state index contributed by atoms with van der Waals surface area (Å²) in [4.78, 5) is 0. The first kappa shape index (κ1) is 15.8. The number of hydrogen-bond acceptors (Lipinski definition) is 2. The van der Waals surface area contributed by atoms with E-state index in [0.717, 1.165) is 18.8 Å². The standard InChI is InChI=1S/C18H27N3/c1-7-19-18(17-9-8-12(2)10-13(17)3)11-21-16(6)14(4)15(5)20-21/h8-10,18-19H,7,11H2,1-6H3. The second-order valence-corrected chi connectivity index (χ2v) is 5.95. The highest BCUT2D eigenvalue weighted by Gasteiger charge is 2.16. The van der Waals surface area contributed by atoms with Gasteiger partial charge in [0, 0.05) is 5.69 Å². The average molecular weight is 285 g/mol. The molecule has 0 radical (unpaired) electrons. The van der Waals surface area contributed by atoms with Crippen molar-refractivity contribution in [3.05, 3.63) is 51.8 Å². The molecule has 0 spiro atoms. The molecular weight excluding hydrogens is 258 g/mol. The Hall–Kier alpha value is -1.61. The molecule has 3 nitrogen and oxygen atoms in total. The molecule has 0 fully saturated rings. The van der Waals surface area contributed by atoms with Gasteiger partial charge in [0.05, 0.1) is 18.3 Å². The minimum atomic E-state index is 0.299. The SMILES string of the molecule is CCNC(Cn1nc(C)c(C)c1C)c1ccc(C)cc1C. The number of nitrogens with one attached hydrogen (secondary N) is 1. The molecule has 0 saturated heterocycles. The van der Waals surface area contributed by atoms with Crippen molar-refractivity contribution in [3.8, 4) is 0 Å². The summed E-state index contributed by atoms with van der Waals surface area (Å²) in [6.07, 6.45) is 0. The average Bonchev–Trinajstić information content (AvgIpc) is 2.66. The monoisotopic (exact) mass is 285 g/mol. The van der Waals surface area contributed by atoms with Crippen LogP contribution in [0.25, 0.3) is 0 Å². The molecule has 1 heterocycles. The van der Waals surface area contributed by atoms with Crippen LogP contribution in [0.1, 0.15) is 46.6 Å². The summed E-state index contributed by atoms with van der Waals surface area (Å²) >= 11 is 0. The van der Waals surface area contributed by atoms with Crippen molar-refractivity contribution >= 4 is 0 Å². The zero-order valence-corrected chi connectivity index (χ0v) is 14.1. The second kappa shape index (κ2) is 6.44. The predicted octanol–water partition coefficient (Wildman–Crippen LogP) is 3.78. The van der Waals surface area contributed by atoms with Gasteiger partial charge in [-0.1, -0.05) is 30.7 Å². The van der Waals surface area contributed by atoms with E-state index in [-0.39, 0.29) is 0 Å². The molecule has 0 aliphatic rings. The molecule has 0 amide bonds. The largest absolute Gasteiger partial charge is 0.309 e. The maximum absolute atomic E-state index is 4.68. The fraction of sp³-hybridized carbons (Fsp3) is 0.500. The summed E-state index contributed by atoms with van der Waals surface area (Å²) in [6, 6.07) is 7.00. The van der Waals surface area contributed by atoms with Crippen LogP contribution in [0.2, 0.25) is 0 Å². The van der Waals surface area contributed by atoms with Gasteiger partial charge < -0.3 is 5.32 Å². The number of nitrogens with zero attached hydrogens (tertiary/aromatic N) is 2. The lowest BCUT2D eigenvalue weighted by molar-refractivity contribution is 0.439. The van der Waals surface area contributed by atoms with Crippen molar-refractivity contribution in [2.75, 3.05) is 6.54 Å². The first-order valence-electron chi connectivity index (χ1n) is 7.75. The van der Waals surface area contributed by atoms with Crippen molar-refractivity contribution < 1.29 is 0 Å². The van der Waals surface area contributed by atoms with Gasteiger partial charge in [-0.15, -0.1) is 0 Å². The summed E-state index contributed by atoms with van der Waals surface area (Å²) in [5.74, 6) is 0. The lowest BCUT2D eigenvalue weighted by Crippen LogP contribution is -2.27. The molecule has 0 aliphatic carbocycles. The van der Waals surface area contributed by atoms with Gasteiger partial charge in [0.25, 0.3) is 0 Å². The molecule has 1 aromatic heterocycles. The lowest BCUT2D eigenvalue weighted by Gasteiger charge is -2.21. The van der Waals surface area contributed by atoms with Crippen LogP contribution in [-0.4, -0.2) is 16.3 Å². The molecule has 0 aliphatic heterocycles. The highest BCUT2D eigenvalue weighted by atomic mass is 15.3. The molecule has 1 aromatic carbocycles. The number of aromatic nitrogens is 2. The summed E-state index contributed by atoms with van der Waals surface area (Å²) < 4.78 is 2.14. The maximum atomic E-state index is 4.68. The zero-order chi connectivity index (χ0) is 15.6. The predicted molar refractivity (Wildman–Crippen MR) is 88.8 cm³/mol. The summed E-state index contributed by atoms with van der Waals surface area (Å²) in [7, 11) is 0. The number of likely N-dealkylation sites (N-methyl/N-ethyl adjacent to an activating group) is 1. The van der Waals surface area contributed by atoms with Crippen LogP contribution in [-0.2, 0) is 6.54 Å². The van der Waals surface area contributed by atoms with E-state index in [9.17, 15) is 0 Å². The molecular formula is C18H27N3. The van der Waals surface area contributed by atoms with Crippen LogP contribution < -0.4 is 5.32 Å². The van der Waals surface area contributed by atoms with E-state index >= 15 is 0 Å². The highest BCUT2D eigenvalue weighted by molar-refractivity contribution is 5.33. The van der Waals surface area contributed by atoms with E-state index in [4.69, 9.17) is 0 Å². The van der Waals surface area contributed by atoms with Gasteiger partial charge in [0.15, 0.2) is 0 Å². The Bertz CT molecular complexity index is 626. The lowest BCUT2D eigenvalue weighted by atomic mass is 9.99. The Labute approximate surface area is 128 Å². The van der Waals surface area contributed by atoms with Crippen molar-refractivity contribution in [2.24, 2.45) is 0 Å². The molecule has 2 rings (SSSR count). The molecule has 0 saturated carbocycles. The molecule has 1 unspecified atom stereocenters. The van der Waals surface area contributed by atoms with Gasteiger partial charge in [-0.2, -0.15) is 5.10 Å². The van der Waals surface area contributed by atoms with Crippen molar-refractivity contribution in [1.29, 1.82) is 0 Å². The molecule has 3 heteroatoms. The molecule has 1 atom stereocenters. The van der Waals surface area contributed by atoms with Crippen LogP contribution in [0, 0.1) is 34.6 Å². The normalized spacial score (nSPS) is 12.7.